The number of imidazole rings is 1. The summed E-state index contributed by atoms with van der Waals surface area (Å²) >= 11 is 0. The van der Waals surface area contributed by atoms with Gasteiger partial charge in [-0.3, -0.25) is 14.0 Å². The second-order valence-corrected chi connectivity index (χ2v) is 11.0. The van der Waals surface area contributed by atoms with Gasteiger partial charge >= 0.3 is 0 Å². The van der Waals surface area contributed by atoms with Gasteiger partial charge in [0.15, 0.2) is 0 Å². The van der Waals surface area contributed by atoms with Crippen molar-refractivity contribution in [3.8, 4) is 0 Å². The number of hydrogen-bond donors (Lipinski definition) is 2. The molecule has 4 fully saturated rings. The fraction of sp³-hybridized carbons (Fsp3) is 0.640. The van der Waals surface area contributed by atoms with E-state index in [9.17, 15) is 9.59 Å². The van der Waals surface area contributed by atoms with Gasteiger partial charge in [0, 0.05) is 32.9 Å². The fourth-order valence-electron chi connectivity index (χ4n) is 7.98. The Morgan fingerprint density at radius 3 is 2.94 bits per heavy atom. The number of nitrogens with one attached hydrogen (secondary N) is 2. The van der Waals surface area contributed by atoms with Gasteiger partial charge in [0.1, 0.15) is 17.0 Å². The molecule has 5 atom stereocenters. The molecule has 0 saturated heterocycles. The van der Waals surface area contributed by atoms with Crippen molar-refractivity contribution < 1.29 is 9.59 Å². The number of aromatic nitrogens is 2. The van der Waals surface area contributed by atoms with Crippen molar-refractivity contribution in [3.63, 3.8) is 0 Å². The number of fused-ring (bicyclic) bond motifs is 3. The van der Waals surface area contributed by atoms with Gasteiger partial charge in [-0.15, -0.1) is 0 Å². The van der Waals surface area contributed by atoms with Crippen LogP contribution in [0.3, 0.4) is 0 Å². The van der Waals surface area contributed by atoms with E-state index in [1.54, 1.807) is 22.5 Å². The molecule has 170 valence electrons. The van der Waals surface area contributed by atoms with Crippen LogP contribution in [-0.2, 0) is 0 Å². The van der Waals surface area contributed by atoms with Crippen molar-refractivity contribution >= 4 is 17.5 Å². The molecule has 4 saturated carbocycles. The highest BCUT2D eigenvalue weighted by molar-refractivity contribution is 5.95. The summed E-state index contributed by atoms with van der Waals surface area (Å²) in [6, 6.07) is 5.50. The summed E-state index contributed by atoms with van der Waals surface area (Å²) in [5.41, 5.74) is 2.46. The maximum atomic E-state index is 13.2. The van der Waals surface area contributed by atoms with E-state index < -0.39 is 0 Å². The van der Waals surface area contributed by atoms with Gasteiger partial charge in [-0.2, -0.15) is 0 Å². The predicted molar refractivity (Wildman–Crippen MR) is 121 cm³/mol. The predicted octanol–water partition coefficient (Wildman–Crippen LogP) is 2.57. The van der Waals surface area contributed by atoms with Gasteiger partial charge in [-0.25, -0.2) is 4.98 Å². The molecule has 0 aromatic carbocycles. The van der Waals surface area contributed by atoms with E-state index in [1.165, 1.54) is 38.5 Å². The molecule has 2 aromatic rings. The largest absolute Gasteiger partial charge is 0.350 e. The van der Waals surface area contributed by atoms with Crippen LogP contribution < -0.4 is 10.6 Å². The summed E-state index contributed by atoms with van der Waals surface area (Å²) in [5, 5.41) is 6.33. The van der Waals surface area contributed by atoms with Gasteiger partial charge in [0.25, 0.3) is 11.8 Å². The molecule has 2 amide bonds. The van der Waals surface area contributed by atoms with Crippen LogP contribution in [0.4, 0.5) is 0 Å². The van der Waals surface area contributed by atoms with E-state index in [0.717, 1.165) is 30.8 Å². The number of rotatable bonds is 7. The Balaban J connectivity index is 1.19. The van der Waals surface area contributed by atoms with Crippen LogP contribution in [0.5, 0.6) is 0 Å². The highest BCUT2D eigenvalue weighted by atomic mass is 16.2. The quantitative estimate of drug-likeness (QED) is 0.701. The number of amides is 2. The van der Waals surface area contributed by atoms with Crippen LogP contribution >= 0.6 is 0 Å². The molecule has 32 heavy (non-hydrogen) atoms. The Kier molecular flexibility index (Phi) is 4.45. The van der Waals surface area contributed by atoms with Crippen molar-refractivity contribution in [2.24, 2.45) is 28.6 Å². The van der Waals surface area contributed by atoms with Crippen molar-refractivity contribution in [1.82, 2.24) is 24.9 Å². The third-order valence-electron chi connectivity index (χ3n) is 9.20. The summed E-state index contributed by atoms with van der Waals surface area (Å²) in [6.45, 7) is 2.09. The Morgan fingerprint density at radius 1 is 1.22 bits per heavy atom. The first-order valence-corrected chi connectivity index (χ1v) is 12.1. The van der Waals surface area contributed by atoms with E-state index in [4.69, 9.17) is 0 Å². The minimum atomic E-state index is -0.137. The molecule has 3 bridgehead atoms. The lowest BCUT2D eigenvalue weighted by atomic mass is 9.55. The van der Waals surface area contributed by atoms with E-state index in [1.807, 2.05) is 25.2 Å². The van der Waals surface area contributed by atoms with Gasteiger partial charge in [0.05, 0.1) is 0 Å². The summed E-state index contributed by atoms with van der Waals surface area (Å²) in [6.07, 6.45) is 9.91. The van der Waals surface area contributed by atoms with Crippen LogP contribution in [0.2, 0.25) is 0 Å². The van der Waals surface area contributed by atoms with Gasteiger partial charge < -0.3 is 15.5 Å². The normalized spacial score (nSPS) is 33.9. The molecular weight excluding hydrogens is 402 g/mol. The summed E-state index contributed by atoms with van der Waals surface area (Å²) < 4.78 is 1.75. The second kappa shape index (κ2) is 7.04. The third kappa shape index (κ3) is 2.86. The first-order valence-electron chi connectivity index (χ1n) is 12.1. The molecule has 2 N–H and O–H groups in total. The van der Waals surface area contributed by atoms with Crippen LogP contribution in [0.1, 0.15) is 59.5 Å². The molecule has 5 unspecified atom stereocenters. The summed E-state index contributed by atoms with van der Waals surface area (Å²) in [7, 11) is 3.63. The maximum Gasteiger partial charge on any atom is 0.273 e. The smallest absolute Gasteiger partial charge is 0.273 e. The third-order valence-corrected chi connectivity index (χ3v) is 9.20. The Labute approximate surface area is 188 Å². The molecule has 7 heteroatoms. The van der Waals surface area contributed by atoms with Crippen molar-refractivity contribution in [3.05, 3.63) is 35.8 Å². The van der Waals surface area contributed by atoms with Crippen LogP contribution in [0, 0.1) is 28.6 Å². The SMILES string of the molecule is CNCCN(C)C(=O)c1cn2c(C(=O)NCC34CC5CC6CC(C3)C6(C5)C4)cccc2n1. The Bertz CT molecular complexity index is 1090. The lowest BCUT2D eigenvalue weighted by Gasteiger charge is -2.49. The number of hydrogen-bond acceptors (Lipinski definition) is 4. The molecule has 2 aromatic heterocycles. The minimum Gasteiger partial charge on any atom is -0.350 e. The van der Waals surface area contributed by atoms with Crippen molar-refractivity contribution in [2.45, 2.75) is 38.5 Å². The standard InChI is InChI=1S/C25H33N5O2/c1-26-6-7-29(2)23(32)19-13-30-20(4-3-5-21(30)28-19)22(31)27-15-24-10-16-8-17-9-18(12-24)25(17,11-16)14-24/h3-5,13,16-18,26H,6-12,14-15H2,1-2H3,(H,27,31). The topological polar surface area (TPSA) is 78.7 Å². The molecule has 4 aliphatic rings. The zero-order valence-electron chi connectivity index (χ0n) is 19.1. The van der Waals surface area contributed by atoms with E-state index in [-0.39, 0.29) is 11.8 Å². The average molecular weight is 436 g/mol. The van der Waals surface area contributed by atoms with Gasteiger partial charge in [-0.05, 0) is 86.3 Å². The highest BCUT2D eigenvalue weighted by Crippen LogP contribution is 2.78. The first-order chi connectivity index (χ1) is 15.4. The van der Waals surface area contributed by atoms with E-state index in [0.29, 0.717) is 34.4 Å². The number of carbonyl (C=O) groups excluding carboxylic acids is 2. The molecule has 2 heterocycles. The Hall–Kier alpha value is -2.41. The monoisotopic (exact) mass is 435 g/mol. The van der Waals surface area contributed by atoms with Crippen LogP contribution in [0.15, 0.2) is 24.4 Å². The van der Waals surface area contributed by atoms with Crippen molar-refractivity contribution in [1.29, 1.82) is 0 Å². The second-order valence-electron chi connectivity index (χ2n) is 11.0. The number of likely N-dealkylation sites (N-methyl/N-ethyl adjacent to an activating group) is 2. The Morgan fingerprint density at radius 2 is 2.09 bits per heavy atom. The van der Waals surface area contributed by atoms with Crippen LogP contribution in [0.25, 0.3) is 5.65 Å². The molecule has 4 aliphatic carbocycles. The van der Waals surface area contributed by atoms with Gasteiger partial charge in [-0.1, -0.05) is 6.07 Å². The number of pyridine rings is 1. The van der Waals surface area contributed by atoms with Crippen LogP contribution in [-0.4, -0.2) is 59.8 Å². The van der Waals surface area contributed by atoms with Gasteiger partial charge in [0.2, 0.25) is 0 Å². The molecular formula is C25H33N5O2. The first kappa shape index (κ1) is 20.2. The maximum absolute atomic E-state index is 13.2. The highest BCUT2D eigenvalue weighted by Gasteiger charge is 2.70. The molecule has 0 aliphatic heterocycles. The summed E-state index contributed by atoms with van der Waals surface area (Å²) in [5.74, 6) is 2.55. The molecule has 1 spiro atoms. The lowest BCUT2D eigenvalue weighted by molar-refractivity contribution is -0.00254. The zero-order chi connectivity index (χ0) is 22.1. The lowest BCUT2D eigenvalue weighted by Crippen LogP contribution is -2.43. The molecule has 0 radical (unpaired) electrons. The zero-order valence-corrected chi connectivity index (χ0v) is 19.1. The van der Waals surface area contributed by atoms with Crippen molar-refractivity contribution in [2.75, 3.05) is 33.7 Å². The number of carbonyl (C=O) groups is 2. The van der Waals surface area contributed by atoms with E-state index >= 15 is 0 Å². The number of nitrogens with zero attached hydrogens (tertiary/aromatic N) is 3. The molecule has 6 rings (SSSR count). The molecule has 7 nitrogen and oxygen atoms in total. The minimum absolute atomic E-state index is 0.0730. The fourth-order valence-corrected chi connectivity index (χ4v) is 7.98. The summed E-state index contributed by atoms with van der Waals surface area (Å²) in [4.78, 5) is 32.1. The van der Waals surface area contributed by atoms with E-state index in [2.05, 4.69) is 15.6 Å². The average Bonchev–Trinajstić information content (AvgIpc) is 3.36.